The van der Waals surface area contributed by atoms with Crippen molar-refractivity contribution in [2.45, 2.75) is 10.8 Å². The number of methoxy groups -OCH3 is 2. The van der Waals surface area contributed by atoms with Gasteiger partial charge in [0.05, 0.1) is 20.8 Å². The number of nitrogens with one attached hydrogen (secondary N) is 2. The quantitative estimate of drug-likeness (QED) is 0.732. The van der Waals surface area contributed by atoms with Crippen LogP contribution in [-0.4, -0.2) is 35.1 Å². The van der Waals surface area contributed by atoms with Gasteiger partial charge in [0.1, 0.15) is 4.21 Å². The highest BCUT2D eigenvalue weighted by Crippen LogP contribution is 2.27. The molecule has 24 heavy (non-hydrogen) atoms. The summed E-state index contributed by atoms with van der Waals surface area (Å²) in [6.07, 6.45) is 0. The second-order valence-corrected chi connectivity index (χ2v) is 7.66. The summed E-state index contributed by atoms with van der Waals surface area (Å²) in [4.78, 5) is 11.8. The highest BCUT2D eigenvalue weighted by Gasteiger charge is 2.16. The molecule has 0 saturated carbocycles. The zero-order valence-corrected chi connectivity index (χ0v) is 14.9. The van der Waals surface area contributed by atoms with E-state index in [0.29, 0.717) is 11.5 Å². The zero-order chi connectivity index (χ0) is 17.6. The van der Waals surface area contributed by atoms with Crippen molar-refractivity contribution >= 4 is 27.3 Å². The van der Waals surface area contributed by atoms with Crippen LogP contribution in [0.25, 0.3) is 0 Å². The third kappa shape index (κ3) is 4.70. The molecule has 130 valence electrons. The van der Waals surface area contributed by atoms with Gasteiger partial charge in [0, 0.05) is 6.54 Å². The molecule has 2 rings (SSSR count). The number of carbonyl (C=O) groups excluding carboxylic acids is 1. The van der Waals surface area contributed by atoms with E-state index in [1.807, 2.05) is 0 Å². The Bertz CT molecular complexity index is 788. The Morgan fingerprint density at radius 2 is 1.92 bits per heavy atom. The lowest BCUT2D eigenvalue weighted by molar-refractivity contribution is -0.120. The van der Waals surface area contributed by atoms with Gasteiger partial charge in [-0.05, 0) is 29.1 Å². The molecule has 1 aromatic heterocycles. The number of thiophene rings is 1. The van der Waals surface area contributed by atoms with Crippen LogP contribution in [0.3, 0.4) is 0 Å². The summed E-state index contributed by atoms with van der Waals surface area (Å²) in [6.45, 7) is -0.0760. The molecule has 0 bridgehead atoms. The Balaban J connectivity index is 1.87. The third-order valence-corrected chi connectivity index (χ3v) is 5.92. The van der Waals surface area contributed by atoms with Gasteiger partial charge in [0.2, 0.25) is 5.91 Å². The molecule has 1 heterocycles. The number of hydrogen-bond acceptors (Lipinski definition) is 6. The van der Waals surface area contributed by atoms with E-state index in [0.717, 1.165) is 16.9 Å². The first-order valence-corrected chi connectivity index (χ1v) is 9.33. The molecular weight excluding hydrogens is 352 g/mol. The average Bonchev–Trinajstić information content (AvgIpc) is 3.13. The monoisotopic (exact) mass is 370 g/mol. The van der Waals surface area contributed by atoms with E-state index in [1.54, 1.807) is 36.8 Å². The molecular formula is C15H18N2O5S2. The van der Waals surface area contributed by atoms with E-state index >= 15 is 0 Å². The highest BCUT2D eigenvalue weighted by atomic mass is 32.2. The third-order valence-electron chi connectivity index (χ3n) is 3.12. The van der Waals surface area contributed by atoms with Crippen LogP contribution >= 0.6 is 11.3 Å². The van der Waals surface area contributed by atoms with Crippen molar-refractivity contribution in [3.05, 3.63) is 41.3 Å². The standard InChI is InChI=1S/C15H18N2O5S2/c1-21-12-6-5-11(8-13(12)22-2)9-16-14(18)10-17-24(19,20)15-4-3-7-23-15/h3-8,17H,9-10H2,1-2H3,(H,16,18). The summed E-state index contributed by atoms with van der Waals surface area (Å²) in [5, 5.41) is 4.31. The van der Waals surface area contributed by atoms with Crippen molar-refractivity contribution < 1.29 is 22.7 Å². The first-order chi connectivity index (χ1) is 11.5. The van der Waals surface area contributed by atoms with Crippen molar-refractivity contribution in [3.63, 3.8) is 0 Å². The van der Waals surface area contributed by atoms with Crippen LogP contribution in [0.15, 0.2) is 39.9 Å². The van der Waals surface area contributed by atoms with Gasteiger partial charge >= 0.3 is 0 Å². The maximum Gasteiger partial charge on any atom is 0.250 e. The minimum absolute atomic E-state index is 0.176. The fraction of sp³-hybridized carbons (Fsp3) is 0.267. The second-order valence-electron chi connectivity index (χ2n) is 4.72. The van der Waals surface area contributed by atoms with Gasteiger partial charge in [-0.1, -0.05) is 12.1 Å². The summed E-state index contributed by atoms with van der Waals surface area (Å²) in [5.41, 5.74) is 0.808. The van der Waals surface area contributed by atoms with Gasteiger partial charge in [0.25, 0.3) is 10.0 Å². The fourth-order valence-corrected chi connectivity index (χ4v) is 3.92. The van der Waals surface area contributed by atoms with Crippen molar-refractivity contribution in [1.29, 1.82) is 0 Å². The van der Waals surface area contributed by atoms with Crippen molar-refractivity contribution in [3.8, 4) is 11.5 Å². The normalized spacial score (nSPS) is 11.1. The highest BCUT2D eigenvalue weighted by molar-refractivity contribution is 7.91. The molecule has 0 saturated heterocycles. The minimum Gasteiger partial charge on any atom is -0.493 e. The van der Waals surface area contributed by atoms with E-state index < -0.39 is 15.9 Å². The second kappa shape index (κ2) is 8.13. The van der Waals surface area contributed by atoms with E-state index in [4.69, 9.17) is 9.47 Å². The van der Waals surface area contributed by atoms with Gasteiger partial charge < -0.3 is 14.8 Å². The van der Waals surface area contributed by atoms with E-state index in [1.165, 1.54) is 13.2 Å². The Hall–Kier alpha value is -2.10. The van der Waals surface area contributed by atoms with Crippen LogP contribution in [-0.2, 0) is 21.4 Å². The number of hydrogen-bond donors (Lipinski definition) is 2. The van der Waals surface area contributed by atoms with Crippen LogP contribution in [0.5, 0.6) is 11.5 Å². The summed E-state index contributed by atoms with van der Waals surface area (Å²) < 4.78 is 36.6. The number of carbonyl (C=O) groups is 1. The molecule has 1 aromatic carbocycles. The number of ether oxygens (including phenoxy) is 2. The molecule has 2 aromatic rings. The van der Waals surface area contributed by atoms with Crippen LogP contribution in [0, 0.1) is 0 Å². The minimum atomic E-state index is -3.64. The molecule has 0 aliphatic rings. The number of amides is 1. The van der Waals surface area contributed by atoms with Gasteiger partial charge in [-0.15, -0.1) is 11.3 Å². The predicted molar refractivity (Wildman–Crippen MR) is 90.9 cm³/mol. The number of sulfonamides is 1. The zero-order valence-electron chi connectivity index (χ0n) is 13.2. The fourth-order valence-electron chi connectivity index (χ4n) is 1.90. The Morgan fingerprint density at radius 3 is 2.54 bits per heavy atom. The van der Waals surface area contributed by atoms with E-state index in [9.17, 15) is 13.2 Å². The summed E-state index contributed by atoms with van der Waals surface area (Å²) in [5.74, 6) is 0.726. The lowest BCUT2D eigenvalue weighted by Gasteiger charge is -2.10. The smallest absolute Gasteiger partial charge is 0.250 e. The molecule has 0 aliphatic carbocycles. The van der Waals surface area contributed by atoms with Gasteiger partial charge in [0.15, 0.2) is 11.5 Å². The molecule has 0 fully saturated rings. The summed E-state index contributed by atoms with van der Waals surface area (Å²) >= 11 is 1.09. The number of rotatable bonds is 8. The molecule has 2 N–H and O–H groups in total. The molecule has 1 amide bonds. The molecule has 0 unspecified atom stereocenters. The van der Waals surface area contributed by atoms with Gasteiger partial charge in [-0.2, -0.15) is 0 Å². The largest absolute Gasteiger partial charge is 0.493 e. The van der Waals surface area contributed by atoms with Gasteiger partial charge in [-0.25, -0.2) is 13.1 Å². The maximum atomic E-state index is 11.9. The molecule has 0 atom stereocenters. The Kier molecular flexibility index (Phi) is 6.18. The van der Waals surface area contributed by atoms with Crippen molar-refractivity contribution in [1.82, 2.24) is 10.0 Å². The van der Waals surface area contributed by atoms with E-state index in [2.05, 4.69) is 10.0 Å². The first kappa shape index (κ1) is 18.2. The molecule has 0 spiro atoms. The predicted octanol–water partition coefficient (Wildman–Crippen LogP) is 1.36. The maximum absolute atomic E-state index is 11.9. The van der Waals surface area contributed by atoms with Crippen LogP contribution in [0.4, 0.5) is 0 Å². The average molecular weight is 370 g/mol. The van der Waals surface area contributed by atoms with Crippen molar-refractivity contribution in [2.75, 3.05) is 20.8 Å². The van der Waals surface area contributed by atoms with Gasteiger partial charge in [-0.3, -0.25) is 4.79 Å². The molecule has 7 nitrogen and oxygen atoms in total. The van der Waals surface area contributed by atoms with E-state index in [-0.39, 0.29) is 17.3 Å². The number of benzene rings is 1. The first-order valence-electron chi connectivity index (χ1n) is 6.97. The summed E-state index contributed by atoms with van der Waals surface area (Å²) in [7, 11) is -0.575. The topological polar surface area (TPSA) is 93.7 Å². The van der Waals surface area contributed by atoms with Crippen molar-refractivity contribution in [2.24, 2.45) is 0 Å². The lowest BCUT2D eigenvalue weighted by atomic mass is 10.2. The van der Waals surface area contributed by atoms with Crippen LogP contribution in [0.1, 0.15) is 5.56 Å². The molecule has 9 heteroatoms. The lowest BCUT2D eigenvalue weighted by Crippen LogP contribution is -2.36. The Labute approximate surface area is 144 Å². The SMILES string of the molecule is COc1ccc(CNC(=O)CNS(=O)(=O)c2cccs2)cc1OC. The van der Waals surface area contributed by atoms with Crippen LogP contribution < -0.4 is 19.5 Å². The summed E-state index contributed by atoms with van der Waals surface area (Å²) in [6, 6.07) is 8.39. The van der Waals surface area contributed by atoms with Crippen LogP contribution in [0.2, 0.25) is 0 Å². The molecule has 0 aliphatic heterocycles. The Morgan fingerprint density at radius 1 is 1.17 bits per heavy atom. The molecule has 0 radical (unpaired) electrons.